The fourth-order valence-electron chi connectivity index (χ4n) is 1.97. The van der Waals surface area contributed by atoms with Crippen molar-refractivity contribution in [1.29, 1.82) is 0 Å². The van der Waals surface area contributed by atoms with Crippen LogP contribution in [0.15, 0.2) is 18.3 Å². The maximum absolute atomic E-state index is 5.99. The van der Waals surface area contributed by atoms with Crippen molar-refractivity contribution < 1.29 is 0 Å². The molecule has 0 aliphatic heterocycles. The van der Waals surface area contributed by atoms with Gasteiger partial charge in [0.05, 0.1) is 17.6 Å². The van der Waals surface area contributed by atoms with Gasteiger partial charge in [0.1, 0.15) is 0 Å². The van der Waals surface area contributed by atoms with Gasteiger partial charge in [0.2, 0.25) is 0 Å². The molecule has 1 aromatic rings. The summed E-state index contributed by atoms with van der Waals surface area (Å²) in [7, 11) is 4.21. The van der Waals surface area contributed by atoms with Crippen LogP contribution in [0.4, 0.5) is 5.69 Å². The molecule has 0 amide bonds. The lowest BCUT2D eigenvalue weighted by atomic mass is 10.1. The Morgan fingerprint density at radius 3 is 2.37 bits per heavy atom. The maximum atomic E-state index is 5.99. The van der Waals surface area contributed by atoms with Crippen LogP contribution in [-0.4, -0.2) is 43.6 Å². The second-order valence-electron chi connectivity index (χ2n) is 5.25. The van der Waals surface area contributed by atoms with Crippen molar-refractivity contribution in [2.24, 2.45) is 5.73 Å². The second-order valence-corrected chi connectivity index (χ2v) is 5.25. The molecule has 0 saturated carbocycles. The molecule has 1 aromatic heterocycles. The predicted molar refractivity (Wildman–Crippen MR) is 82.5 cm³/mol. The van der Waals surface area contributed by atoms with E-state index in [4.69, 9.17) is 5.73 Å². The van der Waals surface area contributed by atoms with Crippen LogP contribution in [0.1, 0.15) is 38.4 Å². The Morgan fingerprint density at radius 1 is 1.16 bits per heavy atom. The normalized spacial score (nSPS) is 12.7. The molecule has 0 spiro atoms. The molecule has 4 heteroatoms. The van der Waals surface area contributed by atoms with E-state index in [2.05, 4.69) is 54.9 Å². The van der Waals surface area contributed by atoms with E-state index in [-0.39, 0.29) is 6.04 Å². The Morgan fingerprint density at radius 2 is 1.89 bits per heavy atom. The number of hydrogen-bond acceptors (Lipinski definition) is 4. The first-order chi connectivity index (χ1) is 9.08. The van der Waals surface area contributed by atoms with Crippen molar-refractivity contribution in [2.75, 3.05) is 38.6 Å². The highest BCUT2D eigenvalue weighted by Gasteiger charge is 2.09. The fraction of sp³-hybridized carbons (Fsp3) is 0.667. The average Bonchev–Trinajstić information content (AvgIpc) is 2.42. The Balaban J connectivity index is 2.73. The van der Waals surface area contributed by atoms with Gasteiger partial charge in [-0.15, -0.1) is 0 Å². The standard InChI is InChI=1S/C15H28N4/c1-5-9-19(11-10-18(3)4)13-7-8-15(17-12-13)14(16)6-2/h7-8,12,14H,5-6,9-11,16H2,1-4H3. The van der Waals surface area contributed by atoms with Crippen LogP contribution >= 0.6 is 0 Å². The molecule has 108 valence electrons. The topological polar surface area (TPSA) is 45.4 Å². The van der Waals surface area contributed by atoms with Gasteiger partial charge in [-0.2, -0.15) is 0 Å². The Bertz CT molecular complexity index is 348. The minimum Gasteiger partial charge on any atom is -0.369 e. The van der Waals surface area contributed by atoms with Crippen LogP contribution in [0.25, 0.3) is 0 Å². The van der Waals surface area contributed by atoms with Gasteiger partial charge in [0.25, 0.3) is 0 Å². The highest BCUT2D eigenvalue weighted by Crippen LogP contribution is 2.17. The number of hydrogen-bond donors (Lipinski definition) is 1. The SMILES string of the molecule is CCCN(CCN(C)C)c1ccc(C(N)CC)nc1. The minimum absolute atomic E-state index is 0.0513. The van der Waals surface area contributed by atoms with Crippen molar-refractivity contribution >= 4 is 5.69 Å². The molecule has 0 aliphatic rings. The molecule has 0 saturated heterocycles. The van der Waals surface area contributed by atoms with Crippen LogP contribution in [0.3, 0.4) is 0 Å². The number of rotatable bonds is 8. The zero-order valence-corrected chi connectivity index (χ0v) is 12.8. The van der Waals surface area contributed by atoms with Gasteiger partial charge >= 0.3 is 0 Å². The highest BCUT2D eigenvalue weighted by atomic mass is 15.2. The summed E-state index contributed by atoms with van der Waals surface area (Å²) in [5, 5.41) is 0. The Kier molecular flexibility index (Phi) is 6.81. The largest absolute Gasteiger partial charge is 0.369 e. The number of nitrogens with two attached hydrogens (primary N) is 1. The second kappa shape index (κ2) is 8.12. The summed E-state index contributed by atoms with van der Waals surface area (Å²) >= 11 is 0. The van der Waals surface area contributed by atoms with Crippen molar-refractivity contribution in [3.63, 3.8) is 0 Å². The summed E-state index contributed by atoms with van der Waals surface area (Å²) in [4.78, 5) is 9.09. The lowest BCUT2D eigenvalue weighted by Crippen LogP contribution is -2.32. The monoisotopic (exact) mass is 264 g/mol. The summed E-state index contributed by atoms with van der Waals surface area (Å²) < 4.78 is 0. The zero-order valence-electron chi connectivity index (χ0n) is 12.8. The third kappa shape index (κ3) is 5.17. The zero-order chi connectivity index (χ0) is 14.3. The van der Waals surface area contributed by atoms with Crippen LogP contribution < -0.4 is 10.6 Å². The first-order valence-corrected chi connectivity index (χ1v) is 7.19. The smallest absolute Gasteiger partial charge is 0.0572 e. The Hall–Kier alpha value is -1.13. The highest BCUT2D eigenvalue weighted by molar-refractivity contribution is 5.44. The summed E-state index contributed by atoms with van der Waals surface area (Å²) in [6, 6.07) is 4.25. The lowest BCUT2D eigenvalue weighted by molar-refractivity contribution is 0.413. The maximum Gasteiger partial charge on any atom is 0.0572 e. The van der Waals surface area contributed by atoms with Crippen molar-refractivity contribution in [3.8, 4) is 0 Å². The number of anilines is 1. The molecular formula is C15H28N4. The minimum atomic E-state index is 0.0513. The number of aromatic nitrogens is 1. The summed E-state index contributed by atoms with van der Waals surface area (Å²) in [5.74, 6) is 0. The average molecular weight is 264 g/mol. The van der Waals surface area contributed by atoms with E-state index in [1.54, 1.807) is 0 Å². The predicted octanol–water partition coefficient (Wildman–Crippen LogP) is 2.27. The molecule has 1 atom stereocenters. The van der Waals surface area contributed by atoms with Crippen molar-refractivity contribution in [1.82, 2.24) is 9.88 Å². The van der Waals surface area contributed by atoms with Crippen LogP contribution in [-0.2, 0) is 0 Å². The van der Waals surface area contributed by atoms with Gasteiger partial charge < -0.3 is 15.5 Å². The van der Waals surface area contributed by atoms with E-state index >= 15 is 0 Å². The molecule has 1 rings (SSSR count). The van der Waals surface area contributed by atoms with Crippen molar-refractivity contribution in [2.45, 2.75) is 32.7 Å². The summed E-state index contributed by atoms with van der Waals surface area (Å²) in [6.45, 7) is 7.44. The molecule has 2 N–H and O–H groups in total. The van der Waals surface area contributed by atoms with Crippen LogP contribution in [0.2, 0.25) is 0 Å². The fourth-order valence-corrected chi connectivity index (χ4v) is 1.97. The molecule has 0 aromatic carbocycles. The number of pyridine rings is 1. The van der Waals surface area contributed by atoms with Gasteiger partial charge in [-0.3, -0.25) is 4.98 Å². The van der Waals surface area contributed by atoms with E-state index in [0.717, 1.165) is 38.2 Å². The van der Waals surface area contributed by atoms with E-state index < -0.39 is 0 Å². The van der Waals surface area contributed by atoms with Gasteiger partial charge in [0, 0.05) is 25.7 Å². The van der Waals surface area contributed by atoms with Gasteiger partial charge in [0.15, 0.2) is 0 Å². The van der Waals surface area contributed by atoms with Crippen molar-refractivity contribution in [3.05, 3.63) is 24.0 Å². The molecule has 19 heavy (non-hydrogen) atoms. The van der Waals surface area contributed by atoms with E-state index in [1.165, 1.54) is 5.69 Å². The van der Waals surface area contributed by atoms with E-state index in [1.807, 2.05) is 6.20 Å². The molecule has 0 radical (unpaired) electrons. The lowest BCUT2D eigenvalue weighted by Gasteiger charge is -2.26. The first kappa shape index (κ1) is 15.9. The Labute approximate surface area is 117 Å². The van der Waals surface area contributed by atoms with E-state index in [9.17, 15) is 0 Å². The number of likely N-dealkylation sites (N-methyl/N-ethyl adjacent to an activating group) is 1. The molecule has 4 nitrogen and oxygen atoms in total. The molecule has 0 fully saturated rings. The summed E-state index contributed by atoms with van der Waals surface area (Å²) in [5.41, 5.74) is 8.17. The van der Waals surface area contributed by atoms with Gasteiger partial charge in [-0.25, -0.2) is 0 Å². The van der Waals surface area contributed by atoms with E-state index in [0.29, 0.717) is 0 Å². The summed E-state index contributed by atoms with van der Waals surface area (Å²) in [6.07, 6.45) is 4.02. The molecule has 1 heterocycles. The number of nitrogens with zero attached hydrogens (tertiary/aromatic N) is 3. The van der Waals surface area contributed by atoms with Gasteiger partial charge in [-0.1, -0.05) is 13.8 Å². The molecule has 0 bridgehead atoms. The quantitative estimate of drug-likeness (QED) is 0.782. The first-order valence-electron chi connectivity index (χ1n) is 7.19. The van der Waals surface area contributed by atoms with Crippen LogP contribution in [0.5, 0.6) is 0 Å². The van der Waals surface area contributed by atoms with Gasteiger partial charge in [-0.05, 0) is 39.1 Å². The third-order valence-corrected chi connectivity index (χ3v) is 3.27. The molecule has 1 unspecified atom stereocenters. The third-order valence-electron chi connectivity index (χ3n) is 3.27. The molecular weight excluding hydrogens is 236 g/mol. The molecule has 0 aliphatic carbocycles. The van der Waals surface area contributed by atoms with Crippen LogP contribution in [0, 0.1) is 0 Å².